The van der Waals surface area contributed by atoms with Crippen molar-refractivity contribution in [3.8, 4) is 55.9 Å². The second kappa shape index (κ2) is 11.2. The molecule has 250 valence electrons. The molecular weight excluding hydrogens is 653 g/mol. The van der Waals surface area contributed by atoms with Gasteiger partial charge in [-0.25, -0.2) is 0 Å². The lowest BCUT2D eigenvalue weighted by Crippen LogP contribution is -1.95. The van der Waals surface area contributed by atoms with Crippen molar-refractivity contribution in [1.82, 2.24) is 9.13 Å². The van der Waals surface area contributed by atoms with Crippen molar-refractivity contribution in [2.75, 3.05) is 0 Å². The molecule has 0 spiro atoms. The maximum absolute atomic E-state index is 2.49. The quantitative estimate of drug-likeness (QED) is 0.175. The number of hydrogen-bond acceptors (Lipinski definition) is 0. The standard InChI is InChI=1S/C52H32N2/c1-3-13-33(14-4-1)34-15-11-18-38(29-34)54-49-28-26-36(35-25-27-48-44(30-35)41-21-9-10-24-47(41)53(48)37-16-5-2-6-17-37)31-46(49)52-43-23-12-22-42-39-19-7-8-20-40(39)45(51(42)43)32-50(52)54/h1-32H. The molecule has 1 aliphatic carbocycles. The van der Waals surface area contributed by atoms with Gasteiger partial charge >= 0.3 is 0 Å². The maximum atomic E-state index is 2.49. The minimum atomic E-state index is 1.16. The van der Waals surface area contributed by atoms with Crippen LogP contribution in [-0.2, 0) is 0 Å². The number of aromatic nitrogens is 2. The minimum absolute atomic E-state index is 1.16. The van der Waals surface area contributed by atoms with Gasteiger partial charge in [0.25, 0.3) is 0 Å². The number of para-hydroxylation sites is 2. The molecule has 11 aromatic rings. The van der Waals surface area contributed by atoms with Gasteiger partial charge in [0.15, 0.2) is 0 Å². The molecule has 0 aliphatic heterocycles. The van der Waals surface area contributed by atoms with Crippen molar-refractivity contribution in [3.63, 3.8) is 0 Å². The van der Waals surface area contributed by atoms with Gasteiger partial charge in [-0.15, -0.1) is 0 Å². The van der Waals surface area contributed by atoms with E-state index in [1.807, 2.05) is 0 Å². The third-order valence-electron chi connectivity index (χ3n) is 11.6. The summed E-state index contributed by atoms with van der Waals surface area (Å²) < 4.78 is 4.87. The van der Waals surface area contributed by atoms with Gasteiger partial charge in [0.2, 0.25) is 0 Å². The molecule has 0 saturated carbocycles. The van der Waals surface area contributed by atoms with Gasteiger partial charge in [-0.2, -0.15) is 0 Å². The summed E-state index contributed by atoms with van der Waals surface area (Å²) in [5, 5.41) is 7.74. The number of benzene rings is 9. The average Bonchev–Trinajstić information content (AvgIpc) is 3.87. The number of nitrogens with zero attached hydrogens (tertiary/aromatic N) is 2. The van der Waals surface area contributed by atoms with Crippen LogP contribution in [0.25, 0.3) is 110 Å². The van der Waals surface area contributed by atoms with Crippen LogP contribution in [0.3, 0.4) is 0 Å². The molecule has 0 amide bonds. The smallest absolute Gasteiger partial charge is 0.0553 e. The molecule has 12 rings (SSSR count). The molecule has 2 heterocycles. The fourth-order valence-electron chi connectivity index (χ4n) is 9.30. The first-order chi connectivity index (χ1) is 26.8. The van der Waals surface area contributed by atoms with Crippen molar-refractivity contribution in [1.29, 1.82) is 0 Å². The Morgan fingerprint density at radius 3 is 1.59 bits per heavy atom. The Balaban J connectivity index is 1.14. The minimum Gasteiger partial charge on any atom is -0.309 e. The van der Waals surface area contributed by atoms with Gasteiger partial charge in [-0.1, -0.05) is 133 Å². The first-order valence-corrected chi connectivity index (χ1v) is 18.7. The van der Waals surface area contributed by atoms with Crippen LogP contribution in [0.1, 0.15) is 0 Å². The van der Waals surface area contributed by atoms with E-state index >= 15 is 0 Å². The van der Waals surface area contributed by atoms with E-state index in [0.717, 1.165) is 5.69 Å². The van der Waals surface area contributed by atoms with E-state index in [1.165, 1.54) is 105 Å². The van der Waals surface area contributed by atoms with Gasteiger partial charge in [0, 0.05) is 32.9 Å². The lowest BCUT2D eigenvalue weighted by Gasteiger charge is -2.12. The van der Waals surface area contributed by atoms with E-state index < -0.39 is 0 Å². The molecule has 2 aromatic heterocycles. The summed E-state index contributed by atoms with van der Waals surface area (Å²) in [6.45, 7) is 0. The summed E-state index contributed by atoms with van der Waals surface area (Å²) in [4.78, 5) is 0. The Kier molecular flexibility index (Phi) is 6.09. The van der Waals surface area contributed by atoms with Gasteiger partial charge in [0.05, 0.1) is 22.1 Å². The van der Waals surface area contributed by atoms with Crippen LogP contribution in [0, 0.1) is 0 Å². The summed E-state index contributed by atoms with van der Waals surface area (Å²) in [7, 11) is 0. The predicted octanol–water partition coefficient (Wildman–Crippen LogP) is 14.0. The molecule has 0 atom stereocenters. The second-order valence-corrected chi connectivity index (χ2v) is 14.5. The third-order valence-corrected chi connectivity index (χ3v) is 11.6. The first kappa shape index (κ1) is 29.4. The highest BCUT2D eigenvalue weighted by Gasteiger charge is 2.26. The van der Waals surface area contributed by atoms with Crippen LogP contribution in [0.2, 0.25) is 0 Å². The van der Waals surface area contributed by atoms with Crippen LogP contribution < -0.4 is 0 Å². The topological polar surface area (TPSA) is 9.86 Å². The van der Waals surface area contributed by atoms with Crippen LogP contribution in [0.15, 0.2) is 194 Å². The van der Waals surface area contributed by atoms with E-state index in [-0.39, 0.29) is 0 Å². The molecular formula is C52H32N2. The number of rotatable bonds is 4. The van der Waals surface area contributed by atoms with Gasteiger partial charge in [-0.05, 0) is 116 Å². The molecule has 0 bridgehead atoms. The highest BCUT2D eigenvalue weighted by molar-refractivity contribution is 6.29. The van der Waals surface area contributed by atoms with Crippen LogP contribution >= 0.6 is 0 Å². The second-order valence-electron chi connectivity index (χ2n) is 14.5. The van der Waals surface area contributed by atoms with Crippen LogP contribution in [0.4, 0.5) is 0 Å². The summed E-state index contributed by atoms with van der Waals surface area (Å²) in [5.74, 6) is 0. The summed E-state index contributed by atoms with van der Waals surface area (Å²) >= 11 is 0. The fraction of sp³-hybridized carbons (Fsp3) is 0. The Hall–Kier alpha value is -7.16. The van der Waals surface area contributed by atoms with Gasteiger partial charge in [0.1, 0.15) is 0 Å². The Morgan fingerprint density at radius 1 is 0.241 bits per heavy atom. The lowest BCUT2D eigenvalue weighted by molar-refractivity contribution is 1.18. The molecule has 54 heavy (non-hydrogen) atoms. The summed E-state index contributed by atoms with van der Waals surface area (Å²) in [5.41, 5.74) is 17.3. The van der Waals surface area contributed by atoms with E-state index in [1.54, 1.807) is 0 Å². The zero-order valence-electron chi connectivity index (χ0n) is 29.4. The molecule has 0 fully saturated rings. The molecule has 1 aliphatic rings. The highest BCUT2D eigenvalue weighted by Crippen LogP contribution is 2.51. The van der Waals surface area contributed by atoms with E-state index in [2.05, 4.69) is 203 Å². The van der Waals surface area contributed by atoms with Crippen molar-refractivity contribution in [3.05, 3.63) is 194 Å². The predicted molar refractivity (Wildman–Crippen MR) is 228 cm³/mol. The molecule has 0 radical (unpaired) electrons. The average molecular weight is 685 g/mol. The Bertz CT molecular complexity index is 3310. The normalized spacial score (nSPS) is 12.1. The molecule has 0 N–H and O–H groups in total. The monoisotopic (exact) mass is 684 g/mol. The van der Waals surface area contributed by atoms with Crippen LogP contribution in [-0.4, -0.2) is 9.13 Å². The molecule has 0 saturated heterocycles. The lowest BCUT2D eigenvalue weighted by atomic mass is 9.96. The van der Waals surface area contributed by atoms with Crippen molar-refractivity contribution in [2.24, 2.45) is 0 Å². The van der Waals surface area contributed by atoms with Crippen molar-refractivity contribution in [2.45, 2.75) is 0 Å². The van der Waals surface area contributed by atoms with Crippen molar-refractivity contribution < 1.29 is 0 Å². The Morgan fingerprint density at radius 2 is 0.778 bits per heavy atom. The highest BCUT2D eigenvalue weighted by atomic mass is 15.0. The summed E-state index contributed by atoms with van der Waals surface area (Å²) in [6, 6.07) is 71.4. The zero-order valence-corrected chi connectivity index (χ0v) is 29.4. The third kappa shape index (κ3) is 4.11. The molecule has 0 unspecified atom stereocenters. The van der Waals surface area contributed by atoms with Gasteiger partial charge < -0.3 is 9.13 Å². The zero-order chi connectivity index (χ0) is 35.3. The SMILES string of the molecule is c1ccc(-c2cccc(-n3c4ccc(-c5ccc6c(c5)c5ccccc5n6-c5ccccc5)cc4c4c5cccc6c5c(cc43)-c3ccccc3-6)c2)cc1. The number of hydrogen-bond donors (Lipinski definition) is 0. The molecule has 2 heteroatoms. The fourth-order valence-corrected chi connectivity index (χ4v) is 9.30. The van der Waals surface area contributed by atoms with E-state index in [9.17, 15) is 0 Å². The molecule has 9 aromatic carbocycles. The molecule has 2 nitrogen and oxygen atoms in total. The van der Waals surface area contributed by atoms with Crippen LogP contribution in [0.5, 0.6) is 0 Å². The maximum Gasteiger partial charge on any atom is 0.0553 e. The van der Waals surface area contributed by atoms with E-state index in [4.69, 9.17) is 0 Å². The van der Waals surface area contributed by atoms with E-state index in [0.29, 0.717) is 0 Å². The largest absolute Gasteiger partial charge is 0.309 e. The number of fused-ring (bicyclic) bond motifs is 10. The van der Waals surface area contributed by atoms with Gasteiger partial charge in [-0.3, -0.25) is 0 Å². The first-order valence-electron chi connectivity index (χ1n) is 18.7. The Labute approximate surface area is 312 Å². The summed E-state index contributed by atoms with van der Waals surface area (Å²) in [6.07, 6.45) is 0. The van der Waals surface area contributed by atoms with Crippen molar-refractivity contribution >= 4 is 54.4 Å².